The van der Waals surface area contributed by atoms with E-state index in [1.165, 1.54) is 0 Å². The first kappa shape index (κ1) is 17.9. The molecule has 0 radical (unpaired) electrons. The van der Waals surface area contributed by atoms with Gasteiger partial charge < -0.3 is 15.2 Å². The third kappa shape index (κ3) is 4.00. The summed E-state index contributed by atoms with van der Waals surface area (Å²) < 4.78 is 5.02. The van der Waals surface area contributed by atoms with E-state index in [9.17, 15) is 9.90 Å². The molecule has 4 nitrogen and oxygen atoms in total. The Morgan fingerprint density at radius 3 is 2.84 bits per heavy atom. The average molecular weight is 376 g/mol. The highest BCUT2D eigenvalue weighted by Gasteiger charge is 2.22. The highest BCUT2D eigenvalue weighted by molar-refractivity contribution is 7.99. The SMILES string of the molecule is C=C(C)C(=O)OCC(O)Cc1c(Cl)ccc2c1Nc1ccccc1S2. The zero-order valence-electron chi connectivity index (χ0n) is 13.7. The predicted molar refractivity (Wildman–Crippen MR) is 101 cm³/mol. The van der Waals surface area contributed by atoms with Crippen molar-refractivity contribution < 1.29 is 14.6 Å². The van der Waals surface area contributed by atoms with Gasteiger partial charge in [-0.1, -0.05) is 42.1 Å². The fourth-order valence-corrected chi connectivity index (χ4v) is 3.78. The van der Waals surface area contributed by atoms with E-state index in [2.05, 4.69) is 18.0 Å². The average Bonchev–Trinajstić information content (AvgIpc) is 2.60. The molecule has 1 aliphatic heterocycles. The van der Waals surface area contributed by atoms with Crippen LogP contribution in [0.5, 0.6) is 0 Å². The van der Waals surface area contributed by atoms with Crippen LogP contribution in [-0.2, 0) is 16.0 Å². The number of anilines is 2. The molecule has 2 aromatic carbocycles. The fraction of sp³-hybridized carbons (Fsp3) is 0.211. The maximum atomic E-state index is 11.5. The zero-order chi connectivity index (χ0) is 18.0. The molecule has 1 atom stereocenters. The van der Waals surface area contributed by atoms with Gasteiger partial charge in [0.2, 0.25) is 0 Å². The van der Waals surface area contributed by atoms with Crippen molar-refractivity contribution in [1.82, 2.24) is 0 Å². The lowest BCUT2D eigenvalue weighted by Gasteiger charge is -2.25. The molecule has 0 aromatic heterocycles. The smallest absolute Gasteiger partial charge is 0.333 e. The molecular weight excluding hydrogens is 358 g/mol. The Kier molecular flexibility index (Phi) is 5.37. The summed E-state index contributed by atoms with van der Waals surface area (Å²) in [5.74, 6) is -0.511. The maximum absolute atomic E-state index is 11.5. The number of carbonyl (C=O) groups is 1. The third-order valence-corrected chi connectivity index (χ3v) is 5.27. The summed E-state index contributed by atoms with van der Waals surface area (Å²) in [6.45, 7) is 4.99. The van der Waals surface area contributed by atoms with E-state index in [4.69, 9.17) is 16.3 Å². The van der Waals surface area contributed by atoms with E-state index in [-0.39, 0.29) is 13.0 Å². The van der Waals surface area contributed by atoms with Crippen LogP contribution in [0.15, 0.2) is 58.3 Å². The minimum absolute atomic E-state index is 0.102. The van der Waals surface area contributed by atoms with Gasteiger partial charge in [0, 0.05) is 26.8 Å². The number of aliphatic hydroxyl groups is 1. The van der Waals surface area contributed by atoms with Crippen molar-refractivity contribution in [3.05, 3.63) is 59.1 Å². The number of fused-ring (bicyclic) bond motifs is 2. The van der Waals surface area contributed by atoms with E-state index in [0.29, 0.717) is 10.6 Å². The normalized spacial score (nSPS) is 13.2. The standard InChI is InChI=1S/C19H18ClNO3S/c1-11(2)19(23)24-10-12(22)9-13-14(20)7-8-17-18(13)21-15-5-3-4-6-16(15)25-17/h3-8,12,21-22H,1,9-10H2,2H3. The summed E-state index contributed by atoms with van der Waals surface area (Å²) >= 11 is 8.02. The molecule has 6 heteroatoms. The molecule has 1 aliphatic rings. The quantitative estimate of drug-likeness (QED) is 0.505. The van der Waals surface area contributed by atoms with Crippen molar-refractivity contribution in [2.75, 3.05) is 11.9 Å². The highest BCUT2D eigenvalue weighted by Crippen LogP contribution is 2.47. The van der Waals surface area contributed by atoms with Crippen LogP contribution in [0.2, 0.25) is 5.02 Å². The number of benzene rings is 2. The van der Waals surface area contributed by atoms with Crippen LogP contribution in [0.4, 0.5) is 11.4 Å². The molecule has 25 heavy (non-hydrogen) atoms. The van der Waals surface area contributed by atoms with Gasteiger partial charge in [0.15, 0.2) is 0 Å². The van der Waals surface area contributed by atoms with Gasteiger partial charge in [0.05, 0.1) is 17.5 Å². The second-order valence-corrected chi connectivity index (χ2v) is 7.35. The second-order valence-electron chi connectivity index (χ2n) is 5.86. The Morgan fingerprint density at radius 1 is 1.32 bits per heavy atom. The lowest BCUT2D eigenvalue weighted by molar-refractivity contribution is -0.141. The van der Waals surface area contributed by atoms with Crippen molar-refractivity contribution >= 4 is 40.7 Å². The van der Waals surface area contributed by atoms with Crippen LogP contribution in [0.3, 0.4) is 0 Å². The molecule has 3 rings (SSSR count). The summed E-state index contributed by atoms with van der Waals surface area (Å²) in [5.41, 5.74) is 3.00. The fourth-order valence-electron chi connectivity index (χ4n) is 2.52. The van der Waals surface area contributed by atoms with Gasteiger partial charge in [-0.15, -0.1) is 0 Å². The lowest BCUT2D eigenvalue weighted by atomic mass is 10.0. The number of hydrogen-bond donors (Lipinski definition) is 2. The molecule has 0 aliphatic carbocycles. The van der Waals surface area contributed by atoms with Gasteiger partial charge in [0.25, 0.3) is 0 Å². The van der Waals surface area contributed by atoms with Gasteiger partial charge in [0.1, 0.15) is 6.61 Å². The summed E-state index contributed by atoms with van der Waals surface area (Å²) in [6.07, 6.45) is -0.572. The summed E-state index contributed by atoms with van der Waals surface area (Å²) in [4.78, 5) is 13.6. The largest absolute Gasteiger partial charge is 0.460 e. The number of aliphatic hydroxyl groups excluding tert-OH is 1. The lowest BCUT2D eigenvalue weighted by Crippen LogP contribution is -2.22. The summed E-state index contributed by atoms with van der Waals surface area (Å²) in [7, 11) is 0. The molecule has 0 saturated carbocycles. The molecule has 0 saturated heterocycles. The molecule has 2 N–H and O–H groups in total. The van der Waals surface area contributed by atoms with Crippen molar-refractivity contribution in [1.29, 1.82) is 0 Å². The van der Waals surface area contributed by atoms with Gasteiger partial charge in [-0.25, -0.2) is 4.79 Å². The number of carbonyl (C=O) groups excluding carboxylic acids is 1. The van der Waals surface area contributed by atoms with Crippen LogP contribution < -0.4 is 5.32 Å². The number of hydrogen-bond acceptors (Lipinski definition) is 5. The Morgan fingerprint density at radius 2 is 2.08 bits per heavy atom. The van der Waals surface area contributed by atoms with Crippen molar-refractivity contribution in [3.63, 3.8) is 0 Å². The Hall–Kier alpha value is -1.95. The Bertz CT molecular complexity index is 837. The second kappa shape index (κ2) is 7.52. The van der Waals surface area contributed by atoms with Crippen LogP contribution >= 0.6 is 23.4 Å². The molecule has 1 heterocycles. The topological polar surface area (TPSA) is 58.6 Å². The number of esters is 1. The first-order valence-corrected chi connectivity index (χ1v) is 9.01. The molecular formula is C19H18ClNO3S. The predicted octanol–water partition coefficient (Wildman–Crippen LogP) is 4.57. The van der Waals surface area contributed by atoms with E-state index >= 15 is 0 Å². The van der Waals surface area contributed by atoms with Crippen molar-refractivity contribution in [3.8, 4) is 0 Å². The Labute approximate surface area is 155 Å². The highest BCUT2D eigenvalue weighted by atomic mass is 35.5. The van der Waals surface area contributed by atoms with E-state index in [0.717, 1.165) is 26.7 Å². The van der Waals surface area contributed by atoms with Gasteiger partial charge in [-0.2, -0.15) is 0 Å². The van der Waals surface area contributed by atoms with Crippen molar-refractivity contribution in [2.24, 2.45) is 0 Å². The summed E-state index contributed by atoms with van der Waals surface area (Å²) in [5, 5.41) is 14.2. The van der Waals surface area contributed by atoms with Crippen molar-refractivity contribution in [2.45, 2.75) is 29.2 Å². The monoisotopic (exact) mass is 375 g/mol. The van der Waals surface area contributed by atoms with Gasteiger partial charge >= 0.3 is 5.97 Å². The molecule has 2 aromatic rings. The molecule has 0 fully saturated rings. The molecule has 130 valence electrons. The van der Waals surface area contributed by atoms with Crippen LogP contribution in [0, 0.1) is 0 Å². The first-order valence-electron chi connectivity index (χ1n) is 7.81. The molecule has 0 bridgehead atoms. The first-order chi connectivity index (χ1) is 12.0. The number of halogens is 1. The van der Waals surface area contributed by atoms with Crippen LogP contribution in [-0.4, -0.2) is 23.8 Å². The van der Waals surface area contributed by atoms with E-state index < -0.39 is 12.1 Å². The zero-order valence-corrected chi connectivity index (χ0v) is 15.3. The molecule has 1 unspecified atom stereocenters. The van der Waals surface area contributed by atoms with Crippen LogP contribution in [0.1, 0.15) is 12.5 Å². The van der Waals surface area contributed by atoms with Crippen LogP contribution in [0.25, 0.3) is 0 Å². The number of ether oxygens (including phenoxy) is 1. The minimum Gasteiger partial charge on any atom is -0.460 e. The molecule has 0 amide bonds. The maximum Gasteiger partial charge on any atom is 0.333 e. The van der Waals surface area contributed by atoms with Gasteiger partial charge in [-0.3, -0.25) is 0 Å². The third-order valence-electron chi connectivity index (χ3n) is 3.78. The number of nitrogens with one attached hydrogen (secondary N) is 1. The van der Waals surface area contributed by atoms with Gasteiger partial charge in [-0.05, 0) is 36.8 Å². The number of rotatable bonds is 5. The Balaban J connectivity index is 1.79. The van der Waals surface area contributed by atoms with E-state index in [1.54, 1.807) is 18.7 Å². The van der Waals surface area contributed by atoms with E-state index in [1.807, 2.05) is 30.3 Å². The summed E-state index contributed by atoms with van der Waals surface area (Å²) in [6, 6.07) is 11.8. The number of para-hydroxylation sites is 1. The minimum atomic E-state index is -0.851. The molecule has 0 spiro atoms.